The van der Waals surface area contributed by atoms with Gasteiger partial charge in [-0.25, -0.2) is 14.5 Å². The molecule has 2 N–H and O–H groups in total. The predicted octanol–water partition coefficient (Wildman–Crippen LogP) is 5.53. The summed E-state index contributed by atoms with van der Waals surface area (Å²) in [6.07, 6.45) is 0. The van der Waals surface area contributed by atoms with Crippen LogP contribution in [0.3, 0.4) is 0 Å². The Balaban J connectivity index is 1.30. The molecule has 10 heteroatoms. The molecule has 214 valence electrons. The molecule has 2 amide bonds. The van der Waals surface area contributed by atoms with E-state index < -0.39 is 0 Å². The van der Waals surface area contributed by atoms with Crippen LogP contribution in [0.25, 0.3) is 5.69 Å². The van der Waals surface area contributed by atoms with Gasteiger partial charge in [-0.3, -0.25) is 5.32 Å². The summed E-state index contributed by atoms with van der Waals surface area (Å²) in [6, 6.07) is 19.0. The highest BCUT2D eigenvalue weighted by Gasteiger charge is 2.22. The molecule has 4 aromatic rings. The number of rotatable bonds is 7. The lowest BCUT2D eigenvalue weighted by Crippen LogP contribution is -2.37. The van der Waals surface area contributed by atoms with Crippen LogP contribution in [0.2, 0.25) is 0 Å². The normalized spacial score (nSPS) is 13.6. The lowest BCUT2D eigenvalue weighted by Gasteiger charge is -2.27. The molecule has 3 heterocycles. The summed E-state index contributed by atoms with van der Waals surface area (Å²) >= 11 is 0. The quantitative estimate of drug-likeness (QED) is 0.309. The highest BCUT2D eigenvalue weighted by Crippen LogP contribution is 2.28. The van der Waals surface area contributed by atoms with Crippen molar-refractivity contribution in [1.29, 1.82) is 0 Å². The molecule has 1 fully saturated rings. The van der Waals surface area contributed by atoms with Gasteiger partial charge >= 0.3 is 6.03 Å². The van der Waals surface area contributed by atoms with Crippen molar-refractivity contribution in [3.8, 4) is 17.3 Å². The summed E-state index contributed by atoms with van der Waals surface area (Å²) in [5, 5.41) is 10.7. The third-order valence-corrected chi connectivity index (χ3v) is 6.74. The summed E-state index contributed by atoms with van der Waals surface area (Å²) < 4.78 is 13.4. The maximum Gasteiger partial charge on any atom is 0.320 e. The van der Waals surface area contributed by atoms with E-state index in [4.69, 9.17) is 14.6 Å². The summed E-state index contributed by atoms with van der Waals surface area (Å²) in [5.74, 6) is 2.28. The Morgan fingerprint density at radius 3 is 2.46 bits per heavy atom. The van der Waals surface area contributed by atoms with Gasteiger partial charge in [0.05, 0.1) is 24.6 Å². The SMILES string of the molecule is Cc1ccc(-n2nc(C(C)(C)C)cc2NC(=O)NCc2ccccc2Oc2cc(C)nc(N3CCOCC3)n2)cc1. The van der Waals surface area contributed by atoms with Crippen molar-refractivity contribution in [2.24, 2.45) is 0 Å². The number of carbonyl (C=O) groups is 1. The van der Waals surface area contributed by atoms with Gasteiger partial charge in [0.2, 0.25) is 11.8 Å². The zero-order valence-electron chi connectivity index (χ0n) is 24.3. The van der Waals surface area contributed by atoms with Gasteiger partial charge in [0.15, 0.2) is 0 Å². The average Bonchev–Trinajstić information content (AvgIpc) is 3.37. The van der Waals surface area contributed by atoms with Gasteiger partial charge in [0.1, 0.15) is 11.6 Å². The molecule has 1 aliphatic heterocycles. The van der Waals surface area contributed by atoms with Gasteiger partial charge < -0.3 is 19.7 Å². The van der Waals surface area contributed by atoms with Crippen LogP contribution in [0, 0.1) is 13.8 Å². The Bertz CT molecular complexity index is 1500. The molecule has 0 saturated carbocycles. The largest absolute Gasteiger partial charge is 0.438 e. The molecule has 0 bridgehead atoms. The number of aryl methyl sites for hydroxylation is 2. The van der Waals surface area contributed by atoms with Crippen molar-refractivity contribution in [2.45, 2.75) is 46.6 Å². The second-order valence-corrected chi connectivity index (χ2v) is 11.2. The maximum atomic E-state index is 13.1. The summed E-state index contributed by atoms with van der Waals surface area (Å²) in [7, 11) is 0. The monoisotopic (exact) mass is 555 g/mol. The summed E-state index contributed by atoms with van der Waals surface area (Å²) in [5.41, 5.74) is 4.35. The zero-order chi connectivity index (χ0) is 29.0. The van der Waals surface area contributed by atoms with E-state index in [1.165, 1.54) is 0 Å². The fraction of sp³-hybridized carbons (Fsp3) is 0.355. The Kier molecular flexibility index (Phi) is 8.21. The van der Waals surface area contributed by atoms with E-state index in [2.05, 4.69) is 46.3 Å². The Hall–Kier alpha value is -4.44. The van der Waals surface area contributed by atoms with E-state index in [0.717, 1.165) is 41.3 Å². The van der Waals surface area contributed by atoms with Gasteiger partial charge in [-0.2, -0.15) is 10.1 Å². The van der Waals surface area contributed by atoms with Crippen LogP contribution in [-0.2, 0) is 16.7 Å². The van der Waals surface area contributed by atoms with Crippen LogP contribution in [-0.4, -0.2) is 52.1 Å². The van der Waals surface area contributed by atoms with Gasteiger partial charge in [0, 0.05) is 48.4 Å². The second-order valence-electron chi connectivity index (χ2n) is 11.2. The van der Waals surface area contributed by atoms with Gasteiger partial charge in [0.25, 0.3) is 0 Å². The summed E-state index contributed by atoms with van der Waals surface area (Å²) in [4.78, 5) is 24.4. The molecule has 10 nitrogen and oxygen atoms in total. The van der Waals surface area contributed by atoms with Crippen molar-refractivity contribution in [3.63, 3.8) is 0 Å². The second kappa shape index (κ2) is 12.0. The van der Waals surface area contributed by atoms with E-state index in [0.29, 0.717) is 36.6 Å². The third-order valence-electron chi connectivity index (χ3n) is 6.74. The molecule has 1 aliphatic rings. The lowest BCUT2D eigenvalue weighted by atomic mass is 9.92. The molecular formula is C31H37N7O3. The first-order valence-electron chi connectivity index (χ1n) is 13.8. The molecule has 2 aromatic heterocycles. The van der Waals surface area contributed by atoms with E-state index in [9.17, 15) is 4.79 Å². The fourth-order valence-corrected chi connectivity index (χ4v) is 4.40. The number of urea groups is 1. The lowest BCUT2D eigenvalue weighted by molar-refractivity contribution is 0.122. The minimum atomic E-state index is -0.346. The smallest absolute Gasteiger partial charge is 0.320 e. The Labute approximate surface area is 240 Å². The maximum absolute atomic E-state index is 13.1. The number of benzene rings is 2. The van der Waals surface area contributed by atoms with Gasteiger partial charge in [-0.1, -0.05) is 56.7 Å². The van der Waals surface area contributed by atoms with E-state index in [1.54, 1.807) is 10.7 Å². The van der Waals surface area contributed by atoms with E-state index >= 15 is 0 Å². The van der Waals surface area contributed by atoms with Gasteiger partial charge in [-0.15, -0.1) is 0 Å². The average molecular weight is 556 g/mol. The standard InChI is InChI=1S/C31H37N7O3/c1-21-10-12-24(13-11-21)38-27(19-26(36-38)31(3,4)5)34-30(39)32-20-23-8-6-7-9-25(23)41-28-18-22(2)33-29(35-28)37-14-16-40-17-15-37/h6-13,18-19H,14-17,20H2,1-5H3,(H2,32,34,39). The molecule has 0 spiro atoms. The molecule has 5 rings (SSSR count). The number of hydrogen-bond acceptors (Lipinski definition) is 7. The molecule has 0 aliphatic carbocycles. The molecular weight excluding hydrogens is 518 g/mol. The third kappa shape index (κ3) is 7.01. The van der Waals surface area contributed by atoms with Crippen molar-refractivity contribution in [2.75, 3.05) is 36.5 Å². The number of amides is 2. The number of para-hydroxylation sites is 1. The predicted molar refractivity (Wildman–Crippen MR) is 159 cm³/mol. The minimum Gasteiger partial charge on any atom is -0.438 e. The number of nitrogens with one attached hydrogen (secondary N) is 2. The molecule has 41 heavy (non-hydrogen) atoms. The fourth-order valence-electron chi connectivity index (χ4n) is 4.40. The Morgan fingerprint density at radius 1 is 1.00 bits per heavy atom. The highest BCUT2D eigenvalue weighted by atomic mass is 16.5. The van der Waals surface area contributed by atoms with Crippen molar-refractivity contribution >= 4 is 17.8 Å². The van der Waals surface area contributed by atoms with Crippen LogP contribution in [0.5, 0.6) is 11.6 Å². The van der Waals surface area contributed by atoms with E-state index in [1.807, 2.05) is 68.4 Å². The molecule has 2 aromatic carbocycles. The molecule has 0 radical (unpaired) electrons. The van der Waals surface area contributed by atoms with Crippen LogP contribution in [0.15, 0.2) is 60.7 Å². The van der Waals surface area contributed by atoms with Crippen molar-refractivity contribution in [3.05, 3.63) is 83.2 Å². The molecule has 1 saturated heterocycles. The van der Waals surface area contributed by atoms with Crippen LogP contribution in [0.1, 0.15) is 43.3 Å². The number of carbonyl (C=O) groups excluding carboxylic acids is 1. The van der Waals surface area contributed by atoms with Crippen molar-refractivity contribution < 1.29 is 14.3 Å². The number of aromatic nitrogens is 4. The minimum absolute atomic E-state index is 0.180. The number of anilines is 2. The first-order chi connectivity index (χ1) is 19.7. The molecule has 0 atom stereocenters. The number of hydrogen-bond donors (Lipinski definition) is 2. The Morgan fingerprint density at radius 2 is 1.73 bits per heavy atom. The molecule has 0 unspecified atom stereocenters. The first kappa shape index (κ1) is 28.1. The number of nitrogens with zero attached hydrogens (tertiary/aromatic N) is 5. The number of ether oxygens (including phenoxy) is 2. The topological polar surface area (TPSA) is 106 Å². The first-order valence-corrected chi connectivity index (χ1v) is 13.8. The van der Waals surface area contributed by atoms with Crippen molar-refractivity contribution in [1.82, 2.24) is 25.1 Å². The van der Waals surface area contributed by atoms with Crippen LogP contribution >= 0.6 is 0 Å². The van der Waals surface area contributed by atoms with Crippen LogP contribution < -0.4 is 20.3 Å². The number of morpholine rings is 1. The highest BCUT2D eigenvalue weighted by molar-refractivity contribution is 5.88. The van der Waals surface area contributed by atoms with E-state index in [-0.39, 0.29) is 18.0 Å². The summed E-state index contributed by atoms with van der Waals surface area (Å²) in [6.45, 7) is 13.3. The zero-order valence-corrected chi connectivity index (χ0v) is 24.3. The van der Waals surface area contributed by atoms with Crippen LogP contribution in [0.4, 0.5) is 16.6 Å². The van der Waals surface area contributed by atoms with Gasteiger partial charge in [-0.05, 0) is 32.0 Å².